The molecule has 0 saturated heterocycles. The van der Waals surface area contributed by atoms with Crippen molar-refractivity contribution in [1.82, 2.24) is 14.8 Å². The Hall–Kier alpha value is -1.06. The molecule has 0 atom stereocenters. The lowest BCUT2D eigenvalue weighted by atomic mass is 10.3. The second kappa shape index (κ2) is 4.21. The summed E-state index contributed by atoms with van der Waals surface area (Å²) in [5.74, 6) is 1.88. The summed E-state index contributed by atoms with van der Waals surface area (Å²) in [4.78, 5) is 0. The largest absolute Gasteiger partial charge is 0.282 e. The van der Waals surface area contributed by atoms with Crippen LogP contribution in [0.5, 0.6) is 0 Å². The van der Waals surface area contributed by atoms with Crippen molar-refractivity contribution in [2.45, 2.75) is 12.8 Å². The van der Waals surface area contributed by atoms with E-state index >= 15 is 0 Å². The Kier molecular flexibility index (Phi) is 2.93. The molecule has 0 spiro atoms. The smallest absolute Gasteiger partial charge is 0.152 e. The molecule has 0 radical (unpaired) electrons. The summed E-state index contributed by atoms with van der Waals surface area (Å²) in [7, 11) is 0. The van der Waals surface area contributed by atoms with Crippen molar-refractivity contribution >= 4 is 23.2 Å². The maximum absolute atomic E-state index is 5.82. The van der Waals surface area contributed by atoms with E-state index in [9.17, 15) is 0 Å². The van der Waals surface area contributed by atoms with Gasteiger partial charge in [-0.25, -0.2) is 0 Å². The molecule has 0 fully saturated rings. The molecule has 5 heteroatoms. The summed E-state index contributed by atoms with van der Waals surface area (Å²) in [6.07, 6.45) is 0. The normalized spacial score (nSPS) is 10.6. The Bertz CT molecular complexity index is 462. The van der Waals surface area contributed by atoms with Crippen LogP contribution in [0.15, 0.2) is 24.3 Å². The number of hydrogen-bond donors (Lipinski definition) is 0. The highest BCUT2D eigenvalue weighted by Crippen LogP contribution is 2.17. The number of halogens is 2. The Morgan fingerprint density at radius 2 is 1.87 bits per heavy atom. The lowest BCUT2D eigenvalue weighted by Gasteiger charge is -2.06. The van der Waals surface area contributed by atoms with Crippen molar-refractivity contribution in [2.24, 2.45) is 0 Å². The fraction of sp³-hybridized carbons (Fsp3) is 0.200. The fourth-order valence-corrected chi connectivity index (χ4v) is 1.72. The molecule has 3 nitrogen and oxygen atoms in total. The first-order chi connectivity index (χ1) is 7.22. The minimum absolute atomic E-state index is 0.337. The molecule has 0 unspecified atom stereocenters. The van der Waals surface area contributed by atoms with Gasteiger partial charge in [-0.1, -0.05) is 11.6 Å². The predicted molar refractivity (Wildman–Crippen MR) is 60.7 cm³/mol. The van der Waals surface area contributed by atoms with Gasteiger partial charge in [-0.2, -0.15) is 0 Å². The zero-order valence-electron chi connectivity index (χ0n) is 8.11. The van der Waals surface area contributed by atoms with Gasteiger partial charge in [-0.05, 0) is 31.2 Å². The molecule has 0 aliphatic carbocycles. The van der Waals surface area contributed by atoms with Crippen molar-refractivity contribution in [3.8, 4) is 5.69 Å². The molecule has 1 aromatic heterocycles. The van der Waals surface area contributed by atoms with E-state index in [-0.39, 0.29) is 0 Å². The lowest BCUT2D eigenvalue weighted by molar-refractivity contribution is 0.926. The highest BCUT2D eigenvalue weighted by molar-refractivity contribution is 6.30. The van der Waals surface area contributed by atoms with Crippen LogP contribution in [-0.2, 0) is 5.88 Å². The van der Waals surface area contributed by atoms with Gasteiger partial charge in [0, 0.05) is 10.7 Å². The van der Waals surface area contributed by atoms with Crippen molar-refractivity contribution < 1.29 is 0 Å². The topological polar surface area (TPSA) is 30.7 Å². The highest BCUT2D eigenvalue weighted by atomic mass is 35.5. The van der Waals surface area contributed by atoms with Crippen LogP contribution in [0.3, 0.4) is 0 Å². The van der Waals surface area contributed by atoms with Gasteiger partial charge in [0.25, 0.3) is 0 Å². The van der Waals surface area contributed by atoms with Crippen molar-refractivity contribution in [1.29, 1.82) is 0 Å². The molecule has 0 N–H and O–H groups in total. The van der Waals surface area contributed by atoms with Crippen LogP contribution < -0.4 is 0 Å². The van der Waals surface area contributed by atoms with Crippen LogP contribution >= 0.6 is 23.2 Å². The Balaban J connectivity index is 2.52. The first-order valence-electron chi connectivity index (χ1n) is 4.45. The predicted octanol–water partition coefficient (Wildman–Crippen LogP) is 2.97. The first-order valence-corrected chi connectivity index (χ1v) is 5.36. The minimum Gasteiger partial charge on any atom is -0.282 e. The average Bonchev–Trinajstić information content (AvgIpc) is 2.61. The van der Waals surface area contributed by atoms with E-state index in [1.165, 1.54) is 0 Å². The zero-order chi connectivity index (χ0) is 10.8. The summed E-state index contributed by atoms with van der Waals surface area (Å²) in [6, 6.07) is 7.48. The van der Waals surface area contributed by atoms with Gasteiger partial charge in [0.1, 0.15) is 5.82 Å². The molecule has 1 aromatic carbocycles. The van der Waals surface area contributed by atoms with Crippen molar-refractivity contribution in [2.75, 3.05) is 0 Å². The van der Waals surface area contributed by atoms with E-state index in [0.29, 0.717) is 10.9 Å². The van der Waals surface area contributed by atoms with Gasteiger partial charge < -0.3 is 0 Å². The van der Waals surface area contributed by atoms with Crippen LogP contribution in [0, 0.1) is 6.92 Å². The molecule has 0 bridgehead atoms. The quantitative estimate of drug-likeness (QED) is 0.758. The Morgan fingerprint density at radius 3 is 2.47 bits per heavy atom. The third-order valence-electron chi connectivity index (χ3n) is 2.10. The second-order valence-corrected chi connectivity index (χ2v) is 3.81. The molecule has 0 aliphatic heterocycles. The third kappa shape index (κ3) is 1.98. The third-order valence-corrected chi connectivity index (χ3v) is 2.59. The molecule has 0 aliphatic rings. The molecular formula is C10H9Cl2N3. The van der Waals surface area contributed by atoms with E-state index < -0.39 is 0 Å². The summed E-state index contributed by atoms with van der Waals surface area (Å²) >= 11 is 11.6. The number of alkyl halides is 1. The fourth-order valence-electron chi connectivity index (χ4n) is 1.42. The number of aromatic nitrogens is 3. The van der Waals surface area contributed by atoms with E-state index in [4.69, 9.17) is 23.2 Å². The second-order valence-electron chi connectivity index (χ2n) is 3.11. The van der Waals surface area contributed by atoms with Crippen LogP contribution in [0.4, 0.5) is 0 Å². The molecule has 78 valence electrons. The van der Waals surface area contributed by atoms with Gasteiger partial charge in [0.2, 0.25) is 0 Å². The number of nitrogens with zero attached hydrogens (tertiary/aromatic N) is 3. The van der Waals surface area contributed by atoms with Gasteiger partial charge in [-0.15, -0.1) is 21.8 Å². The van der Waals surface area contributed by atoms with Crippen LogP contribution in [0.1, 0.15) is 11.6 Å². The van der Waals surface area contributed by atoms with Gasteiger partial charge in [0.05, 0.1) is 5.88 Å². The number of benzene rings is 1. The minimum atomic E-state index is 0.337. The molecular weight excluding hydrogens is 233 g/mol. The van der Waals surface area contributed by atoms with E-state index in [0.717, 1.165) is 17.3 Å². The summed E-state index contributed by atoms with van der Waals surface area (Å²) < 4.78 is 1.91. The SMILES string of the molecule is Cc1nnc(CCl)n1-c1ccc(Cl)cc1. The summed E-state index contributed by atoms with van der Waals surface area (Å²) in [5, 5.41) is 8.67. The average molecular weight is 242 g/mol. The number of rotatable bonds is 2. The molecule has 1 heterocycles. The van der Waals surface area contributed by atoms with Crippen molar-refractivity contribution in [3.63, 3.8) is 0 Å². The Labute approximate surface area is 97.7 Å². The number of hydrogen-bond acceptors (Lipinski definition) is 2. The van der Waals surface area contributed by atoms with E-state index in [2.05, 4.69) is 10.2 Å². The number of aryl methyl sites for hydroxylation is 1. The van der Waals surface area contributed by atoms with Crippen LogP contribution in [0.25, 0.3) is 5.69 Å². The first kappa shape index (κ1) is 10.5. The van der Waals surface area contributed by atoms with E-state index in [1.54, 1.807) is 0 Å². The maximum atomic E-state index is 5.82. The molecule has 2 aromatic rings. The standard InChI is InChI=1S/C10H9Cl2N3/c1-7-13-14-10(6-11)15(7)9-4-2-8(12)3-5-9/h2-5H,6H2,1H3. The molecule has 0 saturated carbocycles. The molecule has 0 amide bonds. The summed E-state index contributed by atoms with van der Waals surface area (Å²) in [5.41, 5.74) is 0.970. The zero-order valence-corrected chi connectivity index (χ0v) is 9.63. The van der Waals surface area contributed by atoms with E-state index in [1.807, 2.05) is 35.8 Å². The van der Waals surface area contributed by atoms with Crippen LogP contribution in [0.2, 0.25) is 5.02 Å². The monoisotopic (exact) mass is 241 g/mol. The molecule has 15 heavy (non-hydrogen) atoms. The maximum Gasteiger partial charge on any atom is 0.152 e. The molecule has 2 rings (SSSR count). The highest BCUT2D eigenvalue weighted by Gasteiger charge is 2.08. The van der Waals surface area contributed by atoms with Gasteiger partial charge >= 0.3 is 0 Å². The Morgan fingerprint density at radius 1 is 1.20 bits per heavy atom. The van der Waals surface area contributed by atoms with Crippen molar-refractivity contribution in [3.05, 3.63) is 40.9 Å². The van der Waals surface area contributed by atoms with Gasteiger partial charge in [-0.3, -0.25) is 4.57 Å². The lowest BCUT2D eigenvalue weighted by Crippen LogP contribution is -2.01. The summed E-state index contributed by atoms with van der Waals surface area (Å²) in [6.45, 7) is 1.89. The van der Waals surface area contributed by atoms with Gasteiger partial charge in [0.15, 0.2) is 5.82 Å². The van der Waals surface area contributed by atoms with Crippen LogP contribution in [-0.4, -0.2) is 14.8 Å².